The fraction of sp³-hybridized carbons (Fsp3) is 0.333. The second-order valence-electron chi connectivity index (χ2n) is 5.22. The van der Waals surface area contributed by atoms with Crippen molar-refractivity contribution in [2.45, 2.75) is 23.9 Å². The summed E-state index contributed by atoms with van der Waals surface area (Å²) in [6.07, 6.45) is -5.63. The first-order chi connectivity index (χ1) is 12.6. The Kier molecular flexibility index (Phi) is 7.59. The van der Waals surface area contributed by atoms with E-state index in [-0.39, 0.29) is 15.9 Å². The fourth-order valence-electron chi connectivity index (χ4n) is 1.98. The summed E-state index contributed by atoms with van der Waals surface area (Å²) in [5.74, 6) is -0.392. The smallest absolute Gasteiger partial charge is 0.390 e. The molecular formula is C15H14F3IN2O4S2. The highest BCUT2D eigenvalue weighted by Crippen LogP contribution is 2.24. The number of ether oxygens (including phenoxy) is 1. The standard InChI is InChI=1S/C15H14F3IN2O4S2/c16-15(17,18)5-6-20-27(23,24)11-3-1-10(2-4-11)12-8-26-13(21-12)7-14(22)25-9-19/h1-4,8,20H,5-7,9H2. The second-order valence-corrected chi connectivity index (χ2v) is 8.55. The molecule has 0 amide bonds. The number of carbonyl (C=O) groups excluding carboxylic acids is 1. The molecule has 1 aromatic heterocycles. The van der Waals surface area contributed by atoms with Crippen LogP contribution in [0.15, 0.2) is 34.5 Å². The Morgan fingerprint density at radius 1 is 1.26 bits per heavy atom. The first kappa shape index (κ1) is 22.0. The summed E-state index contributed by atoms with van der Waals surface area (Å²) in [6.45, 7) is -0.726. The molecule has 0 aliphatic carbocycles. The third-order valence-corrected chi connectivity index (χ3v) is 5.86. The van der Waals surface area contributed by atoms with Crippen molar-refractivity contribution in [3.8, 4) is 11.3 Å². The van der Waals surface area contributed by atoms with Crippen LogP contribution in [0.3, 0.4) is 0 Å². The predicted octanol–water partition coefficient (Wildman–Crippen LogP) is 3.52. The Hall–Kier alpha value is -1.25. The average molecular weight is 534 g/mol. The quantitative estimate of drug-likeness (QED) is 0.319. The van der Waals surface area contributed by atoms with E-state index in [0.717, 1.165) is 0 Å². The predicted molar refractivity (Wildman–Crippen MR) is 102 cm³/mol. The van der Waals surface area contributed by atoms with Gasteiger partial charge in [0.1, 0.15) is 9.62 Å². The van der Waals surface area contributed by atoms with Crippen LogP contribution in [0.2, 0.25) is 0 Å². The Morgan fingerprint density at radius 3 is 2.52 bits per heavy atom. The van der Waals surface area contributed by atoms with Crippen LogP contribution < -0.4 is 4.72 Å². The van der Waals surface area contributed by atoms with E-state index in [1.54, 1.807) is 5.38 Å². The minimum Gasteiger partial charge on any atom is -0.455 e. The zero-order valence-electron chi connectivity index (χ0n) is 13.6. The average Bonchev–Trinajstić information content (AvgIpc) is 3.02. The largest absolute Gasteiger partial charge is 0.455 e. The molecule has 0 spiro atoms. The first-order valence-electron chi connectivity index (χ1n) is 7.43. The number of aromatic nitrogens is 1. The first-order valence-corrected chi connectivity index (χ1v) is 11.3. The maximum atomic E-state index is 12.1. The molecule has 0 saturated carbocycles. The zero-order valence-corrected chi connectivity index (χ0v) is 17.4. The highest BCUT2D eigenvalue weighted by atomic mass is 127. The number of nitrogens with one attached hydrogen (secondary N) is 1. The number of benzene rings is 1. The van der Waals surface area contributed by atoms with Crippen molar-refractivity contribution in [2.24, 2.45) is 0 Å². The van der Waals surface area contributed by atoms with Crippen molar-refractivity contribution in [1.82, 2.24) is 9.71 Å². The number of rotatable bonds is 8. The zero-order chi connectivity index (χ0) is 20.1. The minimum absolute atomic E-state index is 0.0449. The molecule has 0 unspecified atom stereocenters. The number of hydrogen-bond acceptors (Lipinski definition) is 6. The molecule has 27 heavy (non-hydrogen) atoms. The summed E-state index contributed by atoms with van der Waals surface area (Å²) in [7, 11) is -4.03. The lowest BCUT2D eigenvalue weighted by molar-refractivity contribution is -0.140. The van der Waals surface area contributed by atoms with Gasteiger partial charge in [-0.15, -0.1) is 11.3 Å². The van der Waals surface area contributed by atoms with E-state index in [9.17, 15) is 26.4 Å². The third kappa shape index (κ3) is 7.01. The topological polar surface area (TPSA) is 85.4 Å². The molecule has 6 nitrogen and oxygen atoms in total. The van der Waals surface area contributed by atoms with Crippen LogP contribution in [0.25, 0.3) is 11.3 Å². The van der Waals surface area contributed by atoms with Crippen molar-refractivity contribution in [3.63, 3.8) is 0 Å². The normalized spacial score (nSPS) is 12.1. The van der Waals surface area contributed by atoms with Gasteiger partial charge in [0.15, 0.2) is 0 Å². The van der Waals surface area contributed by atoms with Crippen molar-refractivity contribution in [2.75, 3.05) is 11.2 Å². The van der Waals surface area contributed by atoms with Gasteiger partial charge in [-0.25, -0.2) is 18.1 Å². The molecule has 12 heteroatoms. The van der Waals surface area contributed by atoms with E-state index in [4.69, 9.17) is 4.74 Å². The lowest BCUT2D eigenvalue weighted by Crippen LogP contribution is -2.28. The van der Waals surface area contributed by atoms with Gasteiger partial charge in [-0.05, 0) is 34.7 Å². The molecule has 0 aliphatic heterocycles. The van der Waals surface area contributed by atoms with Crippen molar-refractivity contribution < 1.29 is 31.1 Å². The van der Waals surface area contributed by atoms with E-state index in [0.29, 0.717) is 16.3 Å². The van der Waals surface area contributed by atoms with E-state index in [1.165, 1.54) is 35.6 Å². The van der Waals surface area contributed by atoms with Gasteiger partial charge < -0.3 is 4.74 Å². The minimum atomic E-state index is -4.43. The lowest BCUT2D eigenvalue weighted by Gasteiger charge is -2.09. The summed E-state index contributed by atoms with van der Waals surface area (Å²) in [5.41, 5.74) is 1.18. The summed E-state index contributed by atoms with van der Waals surface area (Å²) >= 11 is 3.18. The summed E-state index contributed by atoms with van der Waals surface area (Å²) in [6, 6.07) is 5.57. The third-order valence-electron chi connectivity index (χ3n) is 3.22. The van der Waals surface area contributed by atoms with Crippen LogP contribution in [0, 0.1) is 0 Å². The molecule has 0 atom stereocenters. The van der Waals surface area contributed by atoms with Crippen molar-refractivity contribution >= 4 is 49.9 Å². The summed E-state index contributed by atoms with van der Waals surface area (Å²) in [5, 5.41) is 2.28. The Balaban J connectivity index is 2.04. The molecule has 0 bridgehead atoms. The number of esters is 1. The lowest BCUT2D eigenvalue weighted by atomic mass is 10.2. The van der Waals surface area contributed by atoms with Gasteiger partial charge in [-0.2, -0.15) is 13.2 Å². The van der Waals surface area contributed by atoms with Gasteiger partial charge in [0.2, 0.25) is 10.0 Å². The molecular weight excluding hydrogens is 520 g/mol. The van der Waals surface area contributed by atoms with Crippen LogP contribution in [-0.2, 0) is 26.0 Å². The van der Waals surface area contributed by atoms with Gasteiger partial charge in [-0.3, -0.25) is 4.79 Å². The maximum Gasteiger partial charge on any atom is 0.390 e. The number of thiazole rings is 1. The van der Waals surface area contributed by atoms with Crippen molar-refractivity contribution in [1.29, 1.82) is 0 Å². The second kappa shape index (κ2) is 9.30. The van der Waals surface area contributed by atoms with E-state index in [1.807, 2.05) is 27.3 Å². The van der Waals surface area contributed by atoms with E-state index < -0.39 is 35.1 Å². The van der Waals surface area contributed by atoms with Crippen LogP contribution in [0.5, 0.6) is 0 Å². The molecule has 1 N–H and O–H groups in total. The van der Waals surface area contributed by atoms with Gasteiger partial charge in [0.25, 0.3) is 0 Å². The van der Waals surface area contributed by atoms with Crippen LogP contribution >= 0.6 is 33.9 Å². The molecule has 0 aliphatic rings. The van der Waals surface area contributed by atoms with Gasteiger partial charge >= 0.3 is 12.1 Å². The maximum absolute atomic E-state index is 12.1. The van der Waals surface area contributed by atoms with Crippen LogP contribution in [0.1, 0.15) is 11.4 Å². The van der Waals surface area contributed by atoms with E-state index in [2.05, 4.69) is 4.98 Å². The van der Waals surface area contributed by atoms with Crippen LogP contribution in [0.4, 0.5) is 13.2 Å². The van der Waals surface area contributed by atoms with Gasteiger partial charge in [0.05, 0.1) is 23.4 Å². The molecule has 0 radical (unpaired) electrons. The number of carbonyl (C=O) groups is 1. The molecule has 0 saturated heterocycles. The number of nitrogens with zero attached hydrogens (tertiary/aromatic N) is 1. The summed E-state index contributed by atoms with van der Waals surface area (Å²) in [4.78, 5) is 15.6. The molecule has 1 aromatic carbocycles. The van der Waals surface area contributed by atoms with Crippen LogP contribution in [-0.4, -0.2) is 36.7 Å². The summed E-state index contributed by atoms with van der Waals surface area (Å²) < 4.78 is 67.4. The van der Waals surface area contributed by atoms with Gasteiger partial charge in [0, 0.05) is 17.5 Å². The monoisotopic (exact) mass is 534 g/mol. The Morgan fingerprint density at radius 2 is 1.93 bits per heavy atom. The number of halogens is 4. The fourth-order valence-corrected chi connectivity index (χ4v) is 4.14. The Bertz CT molecular complexity index is 883. The molecule has 2 rings (SSSR count). The highest BCUT2D eigenvalue weighted by molar-refractivity contribution is 14.1. The number of alkyl halides is 4. The molecule has 0 fully saturated rings. The molecule has 1 heterocycles. The highest BCUT2D eigenvalue weighted by Gasteiger charge is 2.27. The Labute approximate surface area is 171 Å². The van der Waals surface area contributed by atoms with Gasteiger partial charge in [-0.1, -0.05) is 12.1 Å². The number of hydrogen-bond donors (Lipinski definition) is 1. The molecule has 148 valence electrons. The van der Waals surface area contributed by atoms with Crippen molar-refractivity contribution in [3.05, 3.63) is 34.7 Å². The SMILES string of the molecule is O=C(Cc1nc(-c2ccc(S(=O)(=O)NCCC(F)(F)F)cc2)cs1)OCI. The van der Waals surface area contributed by atoms with E-state index >= 15 is 0 Å². The molecule has 2 aromatic rings. The number of sulfonamides is 1.